The number of piperidine rings is 1. The second kappa shape index (κ2) is 6.98. The molecule has 6 nitrogen and oxygen atoms in total. The van der Waals surface area contributed by atoms with Crippen LogP contribution in [0.2, 0.25) is 0 Å². The molecule has 0 aliphatic carbocycles. The van der Waals surface area contributed by atoms with E-state index in [4.69, 9.17) is 4.74 Å². The van der Waals surface area contributed by atoms with Crippen LogP contribution in [0.3, 0.4) is 0 Å². The summed E-state index contributed by atoms with van der Waals surface area (Å²) in [5, 5.41) is 7.04. The summed E-state index contributed by atoms with van der Waals surface area (Å²) in [6.45, 7) is 2.50. The number of likely N-dealkylation sites (tertiary alicyclic amines) is 1. The van der Waals surface area contributed by atoms with Crippen molar-refractivity contribution in [2.24, 2.45) is 0 Å². The highest BCUT2D eigenvalue weighted by Gasteiger charge is 2.31. The summed E-state index contributed by atoms with van der Waals surface area (Å²) in [7, 11) is 1.52. The molecule has 3 rings (SSSR count). The number of amides is 1. The Kier molecular flexibility index (Phi) is 4.78. The number of hydrogen-bond donors (Lipinski definition) is 1. The molecule has 24 heavy (non-hydrogen) atoms. The smallest absolute Gasteiger partial charge is 0.227 e. The van der Waals surface area contributed by atoms with Gasteiger partial charge in [0.1, 0.15) is 17.4 Å². The van der Waals surface area contributed by atoms with E-state index in [0.29, 0.717) is 23.7 Å². The van der Waals surface area contributed by atoms with E-state index in [1.54, 1.807) is 11.0 Å². The first kappa shape index (κ1) is 16.4. The molecule has 1 N–H and O–H groups in total. The average Bonchev–Trinajstić information content (AvgIpc) is 3.01. The van der Waals surface area contributed by atoms with Gasteiger partial charge in [-0.3, -0.25) is 9.89 Å². The summed E-state index contributed by atoms with van der Waals surface area (Å²) in [6.07, 6.45) is 2.92. The molecule has 1 aliphatic rings. The second-order valence-electron chi connectivity index (χ2n) is 6.01. The summed E-state index contributed by atoms with van der Waals surface area (Å²) in [5.74, 6) is 1.46. The molecule has 128 valence electrons. The fourth-order valence-corrected chi connectivity index (χ4v) is 3.16. The SMILES string of the molecule is COc1ccc(F)cc1CC(=O)N1CCCC[C@H]1c1n[nH]c(C)n1. The molecule has 0 saturated carbocycles. The maximum absolute atomic E-state index is 13.5. The van der Waals surface area contributed by atoms with Crippen LogP contribution in [0.4, 0.5) is 4.39 Å². The third-order valence-electron chi connectivity index (χ3n) is 4.32. The summed E-state index contributed by atoms with van der Waals surface area (Å²) in [4.78, 5) is 19.0. The summed E-state index contributed by atoms with van der Waals surface area (Å²) >= 11 is 0. The third-order valence-corrected chi connectivity index (χ3v) is 4.32. The van der Waals surface area contributed by atoms with E-state index in [9.17, 15) is 9.18 Å². The van der Waals surface area contributed by atoms with Crippen LogP contribution in [0, 0.1) is 12.7 Å². The summed E-state index contributed by atoms with van der Waals surface area (Å²) < 4.78 is 18.8. The Balaban J connectivity index is 1.81. The van der Waals surface area contributed by atoms with Crippen LogP contribution in [0.5, 0.6) is 5.75 Å². The minimum Gasteiger partial charge on any atom is -0.496 e. The molecule has 1 aromatic heterocycles. The van der Waals surface area contributed by atoms with Crippen molar-refractivity contribution in [2.75, 3.05) is 13.7 Å². The Morgan fingerprint density at radius 1 is 1.46 bits per heavy atom. The standard InChI is InChI=1S/C17H21FN4O2/c1-11-19-17(21-20-11)14-5-3-4-8-22(14)16(23)10-12-9-13(18)6-7-15(12)24-2/h6-7,9,14H,3-5,8,10H2,1-2H3,(H,19,20,21)/t14-/m0/s1. The molecule has 0 spiro atoms. The molecule has 1 atom stereocenters. The highest BCUT2D eigenvalue weighted by atomic mass is 19.1. The number of carbonyl (C=O) groups is 1. The number of aromatic nitrogens is 3. The number of H-pyrrole nitrogens is 1. The molecular weight excluding hydrogens is 311 g/mol. The number of methoxy groups -OCH3 is 1. The second-order valence-corrected chi connectivity index (χ2v) is 6.01. The average molecular weight is 332 g/mol. The van der Waals surface area contributed by atoms with Crippen LogP contribution in [0.15, 0.2) is 18.2 Å². The molecule has 0 unspecified atom stereocenters. The molecule has 1 amide bonds. The Morgan fingerprint density at radius 2 is 2.29 bits per heavy atom. The number of halogens is 1. The topological polar surface area (TPSA) is 71.1 Å². The van der Waals surface area contributed by atoms with Crippen LogP contribution in [-0.2, 0) is 11.2 Å². The predicted molar refractivity (Wildman–Crippen MR) is 86.1 cm³/mol. The van der Waals surface area contributed by atoms with Crippen molar-refractivity contribution in [3.63, 3.8) is 0 Å². The normalized spacial score (nSPS) is 17.8. The molecule has 2 aromatic rings. The Labute approximate surface area is 140 Å². The van der Waals surface area contributed by atoms with Gasteiger partial charge in [0.15, 0.2) is 5.82 Å². The van der Waals surface area contributed by atoms with Gasteiger partial charge in [-0.2, -0.15) is 5.10 Å². The number of nitrogens with one attached hydrogen (secondary N) is 1. The van der Waals surface area contributed by atoms with Gasteiger partial charge in [0.2, 0.25) is 5.91 Å². The van der Waals surface area contributed by atoms with Crippen molar-refractivity contribution < 1.29 is 13.9 Å². The number of rotatable bonds is 4. The zero-order chi connectivity index (χ0) is 17.1. The largest absolute Gasteiger partial charge is 0.496 e. The lowest BCUT2D eigenvalue weighted by atomic mass is 10.00. The highest BCUT2D eigenvalue weighted by molar-refractivity contribution is 5.80. The van der Waals surface area contributed by atoms with Crippen molar-refractivity contribution in [3.8, 4) is 5.75 Å². The number of aromatic amines is 1. The third kappa shape index (κ3) is 3.39. The van der Waals surface area contributed by atoms with Crippen LogP contribution in [0.1, 0.15) is 42.5 Å². The maximum Gasteiger partial charge on any atom is 0.227 e. The van der Waals surface area contributed by atoms with E-state index < -0.39 is 0 Å². The maximum atomic E-state index is 13.5. The van der Waals surface area contributed by atoms with E-state index in [1.807, 2.05) is 6.92 Å². The molecule has 1 aromatic carbocycles. The quantitative estimate of drug-likeness (QED) is 0.934. The number of benzene rings is 1. The first-order chi connectivity index (χ1) is 11.6. The van der Waals surface area contributed by atoms with E-state index in [2.05, 4.69) is 15.2 Å². The summed E-state index contributed by atoms with van der Waals surface area (Å²) in [5.41, 5.74) is 0.554. The molecular formula is C17H21FN4O2. The molecule has 0 bridgehead atoms. The van der Waals surface area contributed by atoms with Crippen molar-refractivity contribution in [2.45, 2.75) is 38.6 Å². The Morgan fingerprint density at radius 3 is 3.00 bits per heavy atom. The van der Waals surface area contributed by atoms with E-state index in [1.165, 1.54) is 19.2 Å². The van der Waals surface area contributed by atoms with E-state index >= 15 is 0 Å². The van der Waals surface area contributed by atoms with Gasteiger partial charge in [-0.1, -0.05) is 0 Å². The van der Waals surface area contributed by atoms with Gasteiger partial charge in [-0.15, -0.1) is 0 Å². The van der Waals surface area contributed by atoms with Gasteiger partial charge in [0.25, 0.3) is 0 Å². The van der Waals surface area contributed by atoms with Crippen LogP contribution in [0.25, 0.3) is 0 Å². The first-order valence-corrected chi connectivity index (χ1v) is 8.09. The van der Waals surface area contributed by atoms with E-state index in [0.717, 1.165) is 25.1 Å². The number of hydrogen-bond acceptors (Lipinski definition) is 4. The fraction of sp³-hybridized carbons (Fsp3) is 0.471. The van der Waals surface area contributed by atoms with Gasteiger partial charge in [-0.25, -0.2) is 9.37 Å². The lowest BCUT2D eigenvalue weighted by molar-refractivity contribution is -0.134. The molecule has 1 fully saturated rings. The molecule has 0 radical (unpaired) electrons. The molecule has 7 heteroatoms. The fourth-order valence-electron chi connectivity index (χ4n) is 3.16. The zero-order valence-electron chi connectivity index (χ0n) is 13.9. The summed E-state index contributed by atoms with van der Waals surface area (Å²) in [6, 6.07) is 4.10. The first-order valence-electron chi connectivity index (χ1n) is 8.09. The van der Waals surface area contributed by atoms with Gasteiger partial charge in [-0.05, 0) is 44.4 Å². The van der Waals surface area contributed by atoms with E-state index in [-0.39, 0.29) is 24.2 Å². The predicted octanol–water partition coefficient (Wildman–Crippen LogP) is 2.56. The molecule has 1 aliphatic heterocycles. The van der Waals surface area contributed by atoms with Crippen molar-refractivity contribution in [1.82, 2.24) is 20.1 Å². The Bertz CT molecular complexity index is 731. The van der Waals surface area contributed by atoms with Gasteiger partial charge < -0.3 is 9.64 Å². The number of ether oxygens (including phenoxy) is 1. The van der Waals surface area contributed by atoms with Gasteiger partial charge >= 0.3 is 0 Å². The van der Waals surface area contributed by atoms with Crippen LogP contribution < -0.4 is 4.74 Å². The highest BCUT2D eigenvalue weighted by Crippen LogP contribution is 2.30. The monoisotopic (exact) mass is 332 g/mol. The van der Waals surface area contributed by atoms with Crippen molar-refractivity contribution in [3.05, 3.63) is 41.2 Å². The van der Waals surface area contributed by atoms with Crippen LogP contribution >= 0.6 is 0 Å². The van der Waals surface area contributed by atoms with Crippen LogP contribution in [-0.4, -0.2) is 39.6 Å². The minimum absolute atomic E-state index is 0.0638. The van der Waals surface area contributed by atoms with Crippen molar-refractivity contribution in [1.29, 1.82) is 0 Å². The van der Waals surface area contributed by atoms with Gasteiger partial charge in [0, 0.05) is 12.1 Å². The minimum atomic E-state index is -0.376. The Hall–Kier alpha value is -2.44. The lowest BCUT2D eigenvalue weighted by Gasteiger charge is -2.34. The number of nitrogens with zero attached hydrogens (tertiary/aromatic N) is 3. The van der Waals surface area contributed by atoms with Gasteiger partial charge in [0.05, 0.1) is 19.6 Å². The number of carbonyl (C=O) groups excluding carboxylic acids is 1. The van der Waals surface area contributed by atoms with Crippen molar-refractivity contribution >= 4 is 5.91 Å². The zero-order valence-corrected chi connectivity index (χ0v) is 13.9. The molecule has 1 saturated heterocycles. The number of aryl methyl sites for hydroxylation is 1. The lowest BCUT2D eigenvalue weighted by Crippen LogP contribution is -2.40. The molecule has 2 heterocycles.